The summed E-state index contributed by atoms with van der Waals surface area (Å²) in [5.41, 5.74) is 5.28. The maximum Gasteiger partial charge on any atom is 0.135 e. The van der Waals surface area contributed by atoms with Crippen molar-refractivity contribution >= 4 is 39.0 Å². The summed E-state index contributed by atoms with van der Waals surface area (Å²) in [7, 11) is 0. The molecule has 1 unspecified atom stereocenters. The van der Waals surface area contributed by atoms with Gasteiger partial charge in [0.25, 0.3) is 0 Å². The average Bonchev–Trinajstić information content (AvgIpc) is 3.65. The first-order valence-corrected chi connectivity index (χ1v) is 16.9. The largest absolute Gasteiger partial charge is 0.509 e. The number of rotatable bonds is 5. The molecule has 48 heavy (non-hydrogen) atoms. The van der Waals surface area contributed by atoms with E-state index in [2.05, 4.69) is 109 Å². The smallest absolute Gasteiger partial charge is 0.135 e. The van der Waals surface area contributed by atoms with Crippen LogP contribution in [0.4, 0.5) is 17.2 Å². The molecule has 10 rings (SSSR count). The number of aromatic nitrogens is 3. The molecule has 6 nitrogen and oxygen atoms in total. The van der Waals surface area contributed by atoms with Crippen molar-refractivity contribution in [2.24, 2.45) is 11.8 Å². The van der Waals surface area contributed by atoms with Crippen LogP contribution in [0.25, 0.3) is 27.6 Å². The van der Waals surface area contributed by atoms with E-state index < -0.39 is 0 Å². The van der Waals surface area contributed by atoms with E-state index in [1.54, 1.807) is 0 Å². The first-order chi connectivity index (χ1) is 22.9. The van der Waals surface area contributed by atoms with Crippen LogP contribution in [-0.2, 0) is 26.5 Å². The van der Waals surface area contributed by atoms with E-state index in [0.717, 1.165) is 56.7 Å². The number of anilines is 3. The quantitative estimate of drug-likeness (QED) is 0.162. The van der Waals surface area contributed by atoms with E-state index in [1.165, 1.54) is 37.7 Å². The maximum atomic E-state index is 6.51. The fraction of sp³-hybridized carbons (Fsp3) is 0.293. The molecule has 3 aromatic carbocycles. The van der Waals surface area contributed by atoms with Crippen LogP contribution >= 0.6 is 0 Å². The number of fused-ring (bicyclic) bond motifs is 7. The molecule has 2 bridgehead atoms. The third-order valence-corrected chi connectivity index (χ3v) is 10.5. The van der Waals surface area contributed by atoms with Gasteiger partial charge in [0.15, 0.2) is 0 Å². The number of benzene rings is 3. The van der Waals surface area contributed by atoms with Crippen LogP contribution < -0.4 is 14.5 Å². The molecule has 0 saturated heterocycles. The molecule has 3 aromatic heterocycles. The third kappa shape index (κ3) is 5.29. The summed E-state index contributed by atoms with van der Waals surface area (Å²) < 4.78 is 8.71. The van der Waals surface area contributed by atoms with Crippen molar-refractivity contribution in [1.82, 2.24) is 14.5 Å². The van der Waals surface area contributed by atoms with Gasteiger partial charge in [0.2, 0.25) is 0 Å². The Morgan fingerprint density at radius 3 is 2.46 bits per heavy atom. The number of nitrogens with zero attached hydrogens (tertiary/aromatic N) is 5. The van der Waals surface area contributed by atoms with Crippen molar-refractivity contribution in [1.29, 1.82) is 0 Å². The zero-order valence-corrected chi connectivity index (χ0v) is 29.7. The van der Waals surface area contributed by atoms with Crippen molar-refractivity contribution in [2.45, 2.75) is 64.3 Å². The van der Waals surface area contributed by atoms with Gasteiger partial charge in [0, 0.05) is 56.5 Å². The van der Waals surface area contributed by atoms with Crippen molar-refractivity contribution in [3.8, 4) is 17.3 Å². The first kappa shape index (κ1) is 31.1. The van der Waals surface area contributed by atoms with Gasteiger partial charge >= 0.3 is 0 Å². The van der Waals surface area contributed by atoms with E-state index in [-0.39, 0.29) is 26.5 Å². The molecular formula is C41H38N5OPt-3. The summed E-state index contributed by atoms with van der Waals surface area (Å²) in [6.45, 7) is 8.93. The fourth-order valence-corrected chi connectivity index (χ4v) is 8.07. The SMILES string of the molecule is CC(C)(C)c1ccnc(-n2c3[c-]c(Oc4[c-]c(N5[CH-]N(C6CC7CCC6CC7)c6ncccc65)ccc4)ccc3c3ccccc32)c1.[Pt]. The number of pyridine rings is 2. The Bertz CT molecular complexity index is 2130. The van der Waals surface area contributed by atoms with Crippen LogP contribution in [0.3, 0.4) is 0 Å². The monoisotopic (exact) mass is 811 g/mol. The second-order valence-corrected chi connectivity index (χ2v) is 14.4. The zero-order chi connectivity index (χ0) is 31.7. The van der Waals surface area contributed by atoms with Crippen LogP contribution in [0.5, 0.6) is 11.5 Å². The summed E-state index contributed by atoms with van der Waals surface area (Å²) in [6.07, 6.45) is 10.5. The molecule has 0 spiro atoms. The third-order valence-electron chi connectivity index (χ3n) is 10.5. The van der Waals surface area contributed by atoms with Crippen LogP contribution in [0.2, 0.25) is 0 Å². The molecule has 3 fully saturated rings. The van der Waals surface area contributed by atoms with Crippen LogP contribution in [0, 0.1) is 30.6 Å². The number of hydrogen-bond donors (Lipinski definition) is 0. The van der Waals surface area contributed by atoms with Crippen LogP contribution in [0.1, 0.15) is 58.4 Å². The Hall–Kier alpha value is -4.15. The molecule has 1 atom stereocenters. The Morgan fingerprint density at radius 2 is 1.65 bits per heavy atom. The normalized spacial score (nSPS) is 20.3. The van der Waals surface area contributed by atoms with Gasteiger partial charge in [-0.05, 0) is 77.8 Å². The van der Waals surface area contributed by atoms with E-state index in [1.807, 2.05) is 36.7 Å². The predicted octanol–water partition coefficient (Wildman–Crippen LogP) is 9.92. The maximum absolute atomic E-state index is 6.51. The Balaban J connectivity index is 0.00000336. The first-order valence-electron chi connectivity index (χ1n) is 16.9. The van der Waals surface area contributed by atoms with Crippen LogP contribution in [0.15, 0.2) is 91.3 Å². The topological polar surface area (TPSA) is 46.4 Å². The molecule has 246 valence electrons. The molecule has 3 aliphatic carbocycles. The van der Waals surface area contributed by atoms with Crippen LogP contribution in [-0.4, -0.2) is 20.6 Å². The minimum atomic E-state index is 0. The molecule has 0 radical (unpaired) electrons. The molecule has 4 aliphatic rings. The Kier molecular flexibility index (Phi) is 7.83. The van der Waals surface area contributed by atoms with Crippen molar-refractivity contribution in [2.75, 3.05) is 9.80 Å². The summed E-state index contributed by atoms with van der Waals surface area (Å²) in [6, 6.07) is 34.8. The minimum Gasteiger partial charge on any atom is -0.509 e. The molecule has 7 heteroatoms. The minimum absolute atomic E-state index is 0. The number of para-hydroxylation sites is 1. The van der Waals surface area contributed by atoms with Gasteiger partial charge in [-0.1, -0.05) is 57.3 Å². The molecule has 4 heterocycles. The molecule has 0 N–H and O–H groups in total. The summed E-state index contributed by atoms with van der Waals surface area (Å²) >= 11 is 0. The van der Waals surface area contributed by atoms with Gasteiger partial charge in [-0.3, -0.25) is 0 Å². The van der Waals surface area contributed by atoms with Gasteiger partial charge in [-0.15, -0.1) is 48.1 Å². The van der Waals surface area contributed by atoms with E-state index in [9.17, 15) is 0 Å². The van der Waals surface area contributed by atoms with Gasteiger partial charge in [-0.25, -0.2) is 9.97 Å². The summed E-state index contributed by atoms with van der Waals surface area (Å²) in [5.74, 6) is 4.76. The number of ether oxygens (including phenoxy) is 1. The molecule has 1 aliphatic heterocycles. The molecule has 0 amide bonds. The van der Waals surface area contributed by atoms with Crippen molar-refractivity contribution in [3.63, 3.8) is 0 Å². The second-order valence-electron chi connectivity index (χ2n) is 14.4. The Labute approximate surface area is 297 Å². The van der Waals surface area contributed by atoms with Gasteiger partial charge in [0.05, 0.1) is 5.69 Å². The molecule has 6 aromatic rings. The van der Waals surface area contributed by atoms with Gasteiger partial charge < -0.3 is 19.1 Å². The fourth-order valence-electron chi connectivity index (χ4n) is 8.07. The predicted molar refractivity (Wildman–Crippen MR) is 188 cm³/mol. The van der Waals surface area contributed by atoms with E-state index >= 15 is 0 Å². The Morgan fingerprint density at radius 1 is 0.812 bits per heavy atom. The summed E-state index contributed by atoms with van der Waals surface area (Å²) in [5, 5.41) is 2.27. The molecular weight excluding hydrogens is 774 g/mol. The van der Waals surface area contributed by atoms with E-state index in [4.69, 9.17) is 14.7 Å². The number of hydrogen-bond acceptors (Lipinski definition) is 5. The average molecular weight is 812 g/mol. The van der Waals surface area contributed by atoms with Crippen molar-refractivity contribution in [3.05, 3.63) is 116 Å². The second kappa shape index (κ2) is 12.1. The van der Waals surface area contributed by atoms with Gasteiger partial charge in [-0.2, -0.15) is 12.1 Å². The van der Waals surface area contributed by atoms with E-state index in [0.29, 0.717) is 17.5 Å². The van der Waals surface area contributed by atoms with Crippen molar-refractivity contribution < 1.29 is 25.8 Å². The zero-order valence-electron chi connectivity index (χ0n) is 27.5. The standard InChI is InChI=1S/C41H38N5O.Pt/c1-41(2,3)29-19-21-42-39(23-29)46-35-11-5-4-10-33(35)34-18-17-32(25-38(34)46)47-31-9-6-8-30(24-31)44-26-45(40-36(44)12-7-20-43-40)37-22-27-13-15-28(37)16-14-27;/h4-12,17-21,23,26-28,37H,13-16,22H2,1-3H3;/q-3;. The molecule has 3 saturated carbocycles. The van der Waals surface area contributed by atoms with Gasteiger partial charge in [0.1, 0.15) is 11.6 Å². The summed E-state index contributed by atoms with van der Waals surface area (Å²) in [4.78, 5) is 14.3.